The zero-order valence-corrected chi connectivity index (χ0v) is 14.4. The highest BCUT2D eigenvalue weighted by atomic mass is 35.5. The van der Waals surface area contributed by atoms with E-state index in [1.54, 1.807) is 12.1 Å². The van der Waals surface area contributed by atoms with E-state index in [1.807, 2.05) is 31.2 Å². The smallest absolute Gasteiger partial charge is 0.252 e. The summed E-state index contributed by atoms with van der Waals surface area (Å²) in [5.41, 5.74) is 0.825. The Morgan fingerprint density at radius 1 is 1.27 bits per heavy atom. The van der Waals surface area contributed by atoms with Gasteiger partial charge >= 0.3 is 0 Å². The Kier molecular flexibility index (Phi) is 4.56. The number of halogens is 1. The molecule has 2 heterocycles. The number of morpholine rings is 1. The summed E-state index contributed by atoms with van der Waals surface area (Å²) in [7, 11) is -3.47. The highest BCUT2D eigenvalue weighted by Crippen LogP contribution is 2.32. The molecule has 0 saturated carbocycles. The van der Waals surface area contributed by atoms with Gasteiger partial charge in [0.2, 0.25) is 0 Å². The fourth-order valence-electron chi connectivity index (χ4n) is 2.45. The van der Waals surface area contributed by atoms with Crippen LogP contribution in [0.25, 0.3) is 0 Å². The molecule has 0 aliphatic carbocycles. The maximum atomic E-state index is 12.7. The van der Waals surface area contributed by atoms with Crippen molar-refractivity contribution in [2.45, 2.75) is 17.2 Å². The monoisotopic (exact) mass is 357 g/mol. The molecule has 0 amide bonds. The molecule has 7 heteroatoms. The van der Waals surface area contributed by atoms with Crippen molar-refractivity contribution in [2.75, 3.05) is 19.7 Å². The summed E-state index contributed by atoms with van der Waals surface area (Å²) in [6.45, 7) is 2.90. The number of sulfonamides is 1. The lowest BCUT2D eigenvalue weighted by molar-refractivity contribution is -0.00244. The van der Waals surface area contributed by atoms with Gasteiger partial charge in [-0.15, -0.1) is 11.3 Å². The fourth-order valence-corrected chi connectivity index (χ4v) is 5.57. The Morgan fingerprint density at radius 3 is 2.73 bits per heavy atom. The third kappa shape index (κ3) is 3.07. The van der Waals surface area contributed by atoms with E-state index < -0.39 is 10.0 Å². The van der Waals surface area contributed by atoms with Crippen molar-refractivity contribution in [3.05, 3.63) is 51.9 Å². The van der Waals surface area contributed by atoms with Gasteiger partial charge in [0, 0.05) is 28.6 Å². The molecule has 0 radical (unpaired) electrons. The van der Waals surface area contributed by atoms with Gasteiger partial charge in [-0.25, -0.2) is 8.42 Å². The van der Waals surface area contributed by atoms with Crippen LogP contribution in [0, 0.1) is 6.92 Å². The summed E-state index contributed by atoms with van der Waals surface area (Å²) in [6, 6.07) is 10.9. The van der Waals surface area contributed by atoms with E-state index in [0.717, 1.165) is 10.4 Å². The molecule has 4 nitrogen and oxygen atoms in total. The lowest BCUT2D eigenvalue weighted by Gasteiger charge is -2.32. The van der Waals surface area contributed by atoms with Crippen molar-refractivity contribution in [3.8, 4) is 0 Å². The van der Waals surface area contributed by atoms with E-state index in [9.17, 15) is 8.42 Å². The van der Waals surface area contributed by atoms with E-state index in [0.29, 0.717) is 22.4 Å². The molecule has 3 rings (SSSR count). The molecule has 2 aromatic rings. The summed E-state index contributed by atoms with van der Waals surface area (Å²) in [4.78, 5) is 0.981. The first-order chi connectivity index (χ1) is 10.5. The summed E-state index contributed by atoms with van der Waals surface area (Å²) in [5.74, 6) is 0. The number of aryl methyl sites for hydroxylation is 1. The zero-order chi connectivity index (χ0) is 15.7. The van der Waals surface area contributed by atoms with Crippen LogP contribution in [0.4, 0.5) is 0 Å². The number of hydrogen-bond donors (Lipinski definition) is 0. The van der Waals surface area contributed by atoms with Gasteiger partial charge in [0.1, 0.15) is 4.21 Å². The Hall–Kier alpha value is -0.920. The highest BCUT2D eigenvalue weighted by molar-refractivity contribution is 7.91. The first-order valence-electron chi connectivity index (χ1n) is 6.91. The number of hydrogen-bond acceptors (Lipinski definition) is 4. The van der Waals surface area contributed by atoms with Gasteiger partial charge in [0.15, 0.2) is 0 Å². The van der Waals surface area contributed by atoms with Crippen LogP contribution in [0.1, 0.15) is 16.5 Å². The third-order valence-electron chi connectivity index (χ3n) is 3.59. The van der Waals surface area contributed by atoms with Crippen molar-refractivity contribution < 1.29 is 13.2 Å². The fraction of sp³-hybridized carbons (Fsp3) is 0.333. The molecular weight excluding hydrogens is 342 g/mol. The maximum Gasteiger partial charge on any atom is 0.252 e. The van der Waals surface area contributed by atoms with Crippen molar-refractivity contribution in [1.29, 1.82) is 0 Å². The topological polar surface area (TPSA) is 46.6 Å². The second-order valence-corrected chi connectivity index (χ2v) is 8.97. The van der Waals surface area contributed by atoms with Crippen LogP contribution in [0.5, 0.6) is 0 Å². The van der Waals surface area contributed by atoms with E-state index >= 15 is 0 Å². The normalized spacial score (nSPS) is 20.2. The van der Waals surface area contributed by atoms with Gasteiger partial charge < -0.3 is 4.74 Å². The highest BCUT2D eigenvalue weighted by Gasteiger charge is 2.32. The molecule has 1 aliphatic rings. The predicted molar refractivity (Wildman–Crippen MR) is 88.0 cm³/mol. The van der Waals surface area contributed by atoms with Gasteiger partial charge in [0.25, 0.3) is 10.0 Å². The third-order valence-corrected chi connectivity index (χ3v) is 7.27. The second-order valence-electron chi connectivity index (χ2n) is 5.11. The predicted octanol–water partition coefficient (Wildman–Crippen LogP) is 3.47. The lowest BCUT2D eigenvalue weighted by Crippen LogP contribution is -2.42. The van der Waals surface area contributed by atoms with Crippen molar-refractivity contribution in [2.24, 2.45) is 0 Å². The molecule has 1 aromatic carbocycles. The van der Waals surface area contributed by atoms with Crippen LogP contribution in [0.3, 0.4) is 0 Å². The quantitative estimate of drug-likeness (QED) is 0.845. The van der Waals surface area contributed by atoms with E-state index in [-0.39, 0.29) is 12.6 Å². The van der Waals surface area contributed by atoms with Gasteiger partial charge in [-0.05, 0) is 25.1 Å². The lowest BCUT2D eigenvalue weighted by atomic mass is 10.1. The number of rotatable bonds is 3. The van der Waals surface area contributed by atoms with Gasteiger partial charge in [0.05, 0.1) is 12.7 Å². The molecule has 118 valence electrons. The van der Waals surface area contributed by atoms with Crippen LogP contribution < -0.4 is 0 Å². The maximum absolute atomic E-state index is 12.7. The standard InChI is InChI=1S/C15H16ClNO3S2/c1-11-6-7-15(21-11)22(18,19)17-8-9-20-14(10-17)12-4-2-3-5-13(12)16/h2-7,14H,8-10H2,1H3. The van der Waals surface area contributed by atoms with Gasteiger partial charge in [-0.3, -0.25) is 0 Å². The molecule has 1 saturated heterocycles. The summed E-state index contributed by atoms with van der Waals surface area (Å²) in [6.07, 6.45) is -0.335. The van der Waals surface area contributed by atoms with Crippen LogP contribution in [0.15, 0.2) is 40.6 Å². The molecule has 1 atom stereocenters. The van der Waals surface area contributed by atoms with Crippen LogP contribution >= 0.6 is 22.9 Å². The summed E-state index contributed by atoms with van der Waals surface area (Å²) in [5, 5.41) is 0.596. The summed E-state index contributed by atoms with van der Waals surface area (Å²) < 4.78 is 33.0. The average molecular weight is 358 g/mol. The number of ether oxygens (including phenoxy) is 1. The van der Waals surface area contributed by atoms with Gasteiger partial charge in [-0.2, -0.15) is 4.31 Å². The SMILES string of the molecule is Cc1ccc(S(=O)(=O)N2CCOC(c3ccccc3Cl)C2)s1. The second kappa shape index (κ2) is 6.29. The molecule has 0 N–H and O–H groups in total. The average Bonchev–Trinajstić information content (AvgIpc) is 2.95. The molecular formula is C15H16ClNO3S2. The van der Waals surface area contributed by atoms with E-state index in [4.69, 9.17) is 16.3 Å². The Bertz CT molecular complexity index is 773. The molecule has 22 heavy (non-hydrogen) atoms. The minimum Gasteiger partial charge on any atom is -0.371 e. The first kappa shape index (κ1) is 16.0. The largest absolute Gasteiger partial charge is 0.371 e. The Labute approximate surface area is 139 Å². The van der Waals surface area contributed by atoms with E-state index in [2.05, 4.69) is 0 Å². The molecule has 1 unspecified atom stereocenters. The van der Waals surface area contributed by atoms with Crippen molar-refractivity contribution in [1.82, 2.24) is 4.31 Å². The molecule has 1 aromatic heterocycles. The van der Waals surface area contributed by atoms with E-state index in [1.165, 1.54) is 15.6 Å². The molecule has 0 spiro atoms. The first-order valence-corrected chi connectivity index (χ1v) is 9.54. The molecule has 1 aliphatic heterocycles. The van der Waals surface area contributed by atoms with Crippen LogP contribution in [-0.4, -0.2) is 32.4 Å². The molecule has 1 fully saturated rings. The van der Waals surface area contributed by atoms with Crippen molar-refractivity contribution >= 4 is 33.0 Å². The number of thiophene rings is 1. The van der Waals surface area contributed by atoms with Crippen molar-refractivity contribution in [3.63, 3.8) is 0 Å². The zero-order valence-electron chi connectivity index (χ0n) is 12.0. The minimum absolute atomic E-state index is 0.281. The van der Waals surface area contributed by atoms with Crippen LogP contribution in [0.2, 0.25) is 5.02 Å². The molecule has 0 bridgehead atoms. The summed E-state index contributed by atoms with van der Waals surface area (Å²) >= 11 is 7.49. The number of nitrogens with zero attached hydrogens (tertiary/aromatic N) is 1. The van der Waals surface area contributed by atoms with Gasteiger partial charge in [-0.1, -0.05) is 29.8 Å². The minimum atomic E-state index is -3.47. The van der Waals surface area contributed by atoms with Crippen LogP contribution in [-0.2, 0) is 14.8 Å². The Balaban J connectivity index is 1.86. The number of benzene rings is 1. The Morgan fingerprint density at radius 2 is 2.05 bits per heavy atom.